The minimum Gasteiger partial charge on any atom is -0.493 e. The highest BCUT2D eigenvalue weighted by Gasteiger charge is 2.20. The summed E-state index contributed by atoms with van der Waals surface area (Å²) in [5.74, 6) is 1.58. The van der Waals surface area contributed by atoms with Gasteiger partial charge in [-0.3, -0.25) is 0 Å². The predicted molar refractivity (Wildman–Crippen MR) is 83.7 cm³/mol. The van der Waals surface area contributed by atoms with E-state index >= 15 is 0 Å². The Morgan fingerprint density at radius 1 is 1.15 bits per heavy atom. The molecule has 0 saturated heterocycles. The van der Waals surface area contributed by atoms with Gasteiger partial charge in [0, 0.05) is 18.2 Å². The molecule has 1 aliphatic rings. The van der Waals surface area contributed by atoms with E-state index in [4.69, 9.17) is 4.74 Å². The van der Waals surface area contributed by atoms with Gasteiger partial charge in [0.2, 0.25) is 0 Å². The quantitative estimate of drug-likeness (QED) is 0.896. The summed E-state index contributed by atoms with van der Waals surface area (Å²) in [5, 5.41) is 3.61. The fraction of sp³-hybridized carbons (Fsp3) is 0.333. The highest BCUT2D eigenvalue weighted by Crippen LogP contribution is 2.33. The number of hydrogen-bond acceptors (Lipinski definition) is 2. The van der Waals surface area contributed by atoms with Crippen molar-refractivity contribution in [2.45, 2.75) is 26.2 Å². The number of ether oxygens (including phenoxy) is 1. The van der Waals surface area contributed by atoms with Gasteiger partial charge in [-0.15, -0.1) is 0 Å². The molecule has 0 radical (unpaired) electrons. The summed E-state index contributed by atoms with van der Waals surface area (Å²) < 4.78 is 5.72. The van der Waals surface area contributed by atoms with Crippen LogP contribution in [0.1, 0.15) is 29.0 Å². The largest absolute Gasteiger partial charge is 0.493 e. The summed E-state index contributed by atoms with van der Waals surface area (Å²) >= 11 is 0. The lowest BCUT2D eigenvalue weighted by Gasteiger charge is -2.26. The van der Waals surface area contributed by atoms with Gasteiger partial charge < -0.3 is 10.1 Å². The van der Waals surface area contributed by atoms with Crippen LogP contribution in [0.5, 0.6) is 5.75 Å². The lowest BCUT2D eigenvalue weighted by atomic mass is 9.93. The number of aryl methyl sites for hydroxylation is 2. The molecule has 3 rings (SSSR count). The van der Waals surface area contributed by atoms with Crippen molar-refractivity contribution in [3.63, 3.8) is 0 Å². The van der Waals surface area contributed by atoms with Crippen LogP contribution < -0.4 is 10.1 Å². The minimum atomic E-state index is 0.528. The third kappa shape index (κ3) is 2.64. The first kappa shape index (κ1) is 13.0. The smallest absolute Gasteiger partial charge is 0.122 e. The molecule has 0 spiro atoms. The van der Waals surface area contributed by atoms with E-state index < -0.39 is 0 Å². The number of para-hydroxylation sites is 1. The van der Waals surface area contributed by atoms with Crippen LogP contribution >= 0.6 is 0 Å². The molecule has 1 heterocycles. The molecule has 0 saturated carbocycles. The fourth-order valence-corrected chi connectivity index (χ4v) is 2.79. The van der Waals surface area contributed by atoms with Crippen LogP contribution in [-0.2, 0) is 0 Å². The molecule has 1 atom stereocenters. The van der Waals surface area contributed by atoms with E-state index in [2.05, 4.69) is 55.6 Å². The predicted octanol–water partition coefficient (Wildman–Crippen LogP) is 4.28. The molecule has 2 nitrogen and oxygen atoms in total. The maximum absolute atomic E-state index is 5.72. The van der Waals surface area contributed by atoms with Crippen LogP contribution in [0.4, 0.5) is 5.69 Å². The average molecular weight is 267 g/mol. The molecule has 2 heteroatoms. The molecule has 0 amide bonds. The van der Waals surface area contributed by atoms with Crippen molar-refractivity contribution in [3.05, 3.63) is 59.2 Å². The van der Waals surface area contributed by atoms with Gasteiger partial charge in [-0.2, -0.15) is 0 Å². The van der Waals surface area contributed by atoms with Gasteiger partial charge in [0.15, 0.2) is 0 Å². The van der Waals surface area contributed by atoms with E-state index in [1.807, 2.05) is 6.07 Å². The molecule has 2 aromatic rings. The summed E-state index contributed by atoms with van der Waals surface area (Å²) in [6.07, 6.45) is 1.08. The average Bonchev–Trinajstić information content (AvgIpc) is 2.48. The Bertz CT molecular complexity index is 606. The van der Waals surface area contributed by atoms with E-state index in [1.54, 1.807) is 0 Å². The zero-order valence-electron chi connectivity index (χ0n) is 12.1. The summed E-state index contributed by atoms with van der Waals surface area (Å²) in [7, 11) is 0. The second-order valence-electron chi connectivity index (χ2n) is 5.57. The standard InChI is InChI=1S/C18H21NO/c1-13-7-8-14(2)17(11-13)19-12-15-9-10-20-18-6-4-3-5-16(15)18/h3-8,11,15,19H,9-10,12H2,1-2H3. The summed E-state index contributed by atoms with van der Waals surface area (Å²) in [4.78, 5) is 0. The van der Waals surface area contributed by atoms with Crippen molar-refractivity contribution < 1.29 is 4.74 Å². The molecular weight excluding hydrogens is 246 g/mol. The third-order valence-corrected chi connectivity index (χ3v) is 4.01. The molecule has 2 aromatic carbocycles. The van der Waals surface area contributed by atoms with Gasteiger partial charge in [0.25, 0.3) is 0 Å². The lowest BCUT2D eigenvalue weighted by molar-refractivity contribution is 0.270. The summed E-state index contributed by atoms with van der Waals surface area (Å²) in [6, 6.07) is 14.9. The van der Waals surface area contributed by atoms with Gasteiger partial charge >= 0.3 is 0 Å². The number of rotatable bonds is 3. The molecule has 20 heavy (non-hydrogen) atoms. The van der Waals surface area contributed by atoms with Crippen LogP contribution in [0.15, 0.2) is 42.5 Å². The van der Waals surface area contributed by atoms with E-state index in [-0.39, 0.29) is 0 Å². The number of fused-ring (bicyclic) bond motifs is 1. The van der Waals surface area contributed by atoms with E-state index in [1.165, 1.54) is 22.4 Å². The Kier molecular flexibility index (Phi) is 3.64. The zero-order valence-corrected chi connectivity index (χ0v) is 12.1. The zero-order chi connectivity index (χ0) is 13.9. The molecular formula is C18H21NO. The maximum atomic E-state index is 5.72. The summed E-state index contributed by atoms with van der Waals surface area (Å²) in [5.41, 5.74) is 5.17. The minimum absolute atomic E-state index is 0.528. The van der Waals surface area contributed by atoms with Crippen molar-refractivity contribution in [3.8, 4) is 5.75 Å². The van der Waals surface area contributed by atoms with Crippen LogP contribution in [0.25, 0.3) is 0 Å². The van der Waals surface area contributed by atoms with Crippen molar-refractivity contribution in [1.82, 2.24) is 0 Å². The lowest BCUT2D eigenvalue weighted by Crippen LogP contribution is -2.21. The monoisotopic (exact) mass is 267 g/mol. The number of benzene rings is 2. The normalized spacial score (nSPS) is 17.2. The van der Waals surface area contributed by atoms with Crippen LogP contribution in [-0.4, -0.2) is 13.2 Å². The van der Waals surface area contributed by atoms with E-state index in [9.17, 15) is 0 Å². The fourth-order valence-electron chi connectivity index (χ4n) is 2.79. The Morgan fingerprint density at radius 3 is 2.90 bits per heavy atom. The second-order valence-corrected chi connectivity index (χ2v) is 5.57. The highest BCUT2D eigenvalue weighted by molar-refractivity contribution is 5.53. The first-order valence-corrected chi connectivity index (χ1v) is 7.27. The third-order valence-electron chi connectivity index (χ3n) is 4.01. The van der Waals surface area contributed by atoms with Gasteiger partial charge in [-0.25, -0.2) is 0 Å². The van der Waals surface area contributed by atoms with Gasteiger partial charge in [0.1, 0.15) is 5.75 Å². The van der Waals surface area contributed by atoms with E-state index in [0.717, 1.165) is 25.3 Å². The van der Waals surface area contributed by atoms with Crippen LogP contribution in [0.3, 0.4) is 0 Å². The van der Waals surface area contributed by atoms with Crippen molar-refractivity contribution in [2.75, 3.05) is 18.5 Å². The number of hydrogen-bond donors (Lipinski definition) is 1. The van der Waals surface area contributed by atoms with Crippen LogP contribution in [0.2, 0.25) is 0 Å². The number of anilines is 1. The molecule has 0 aromatic heterocycles. The van der Waals surface area contributed by atoms with Gasteiger partial charge in [0.05, 0.1) is 6.61 Å². The van der Waals surface area contributed by atoms with E-state index in [0.29, 0.717) is 5.92 Å². The molecule has 1 unspecified atom stereocenters. The van der Waals surface area contributed by atoms with Gasteiger partial charge in [-0.1, -0.05) is 30.3 Å². The Balaban J connectivity index is 1.75. The molecule has 0 bridgehead atoms. The van der Waals surface area contributed by atoms with Crippen molar-refractivity contribution >= 4 is 5.69 Å². The summed E-state index contributed by atoms with van der Waals surface area (Å²) in [6.45, 7) is 6.06. The Morgan fingerprint density at radius 2 is 2.00 bits per heavy atom. The molecule has 1 aliphatic heterocycles. The highest BCUT2D eigenvalue weighted by atomic mass is 16.5. The first-order chi connectivity index (χ1) is 9.74. The Hall–Kier alpha value is -1.96. The first-order valence-electron chi connectivity index (χ1n) is 7.27. The van der Waals surface area contributed by atoms with Crippen LogP contribution in [0, 0.1) is 13.8 Å². The maximum Gasteiger partial charge on any atom is 0.122 e. The Labute approximate surface area is 120 Å². The second kappa shape index (κ2) is 5.58. The van der Waals surface area contributed by atoms with Gasteiger partial charge in [-0.05, 0) is 49.1 Å². The molecule has 1 N–H and O–H groups in total. The van der Waals surface area contributed by atoms with Crippen molar-refractivity contribution in [2.24, 2.45) is 0 Å². The SMILES string of the molecule is Cc1ccc(C)c(NCC2CCOc3ccccc32)c1. The molecule has 104 valence electrons. The topological polar surface area (TPSA) is 21.3 Å². The number of nitrogens with one attached hydrogen (secondary N) is 1. The molecule has 0 aliphatic carbocycles. The molecule has 0 fully saturated rings. The van der Waals surface area contributed by atoms with Crippen molar-refractivity contribution in [1.29, 1.82) is 0 Å².